The molecule has 4 heteroatoms. The predicted octanol–water partition coefficient (Wildman–Crippen LogP) is 0.101. The van der Waals surface area contributed by atoms with E-state index in [1.807, 2.05) is 0 Å². The third kappa shape index (κ3) is 1.91. The van der Waals surface area contributed by atoms with Gasteiger partial charge in [-0.3, -0.25) is 4.90 Å². The molecule has 0 saturated carbocycles. The van der Waals surface area contributed by atoms with Crippen molar-refractivity contribution in [3.63, 3.8) is 0 Å². The monoisotopic (exact) mass is 192 g/mol. The molecule has 0 radical (unpaired) electrons. The molecule has 0 bridgehead atoms. The smallest absolute Gasteiger partial charge is 0.0825 e. The highest BCUT2D eigenvalue weighted by atomic mass is 35.5. The molecule has 2 rings (SSSR count). The normalized spacial score (nSPS) is 31.2. The van der Waals surface area contributed by atoms with Crippen LogP contribution in [0.3, 0.4) is 0 Å². The molecule has 2 fully saturated rings. The van der Waals surface area contributed by atoms with Crippen LogP contribution in [-0.2, 0) is 4.74 Å². The Labute approximate surface area is 79.9 Å². The van der Waals surface area contributed by atoms with Crippen LogP contribution in [0.15, 0.2) is 0 Å². The molecule has 72 valence electrons. The van der Waals surface area contributed by atoms with Crippen LogP contribution in [0.1, 0.15) is 6.42 Å². The molecule has 1 atom stereocenters. The van der Waals surface area contributed by atoms with Crippen molar-refractivity contribution in [2.75, 3.05) is 33.3 Å². The number of ether oxygens (including phenoxy) is 1. The number of likely N-dealkylation sites (tertiary alicyclic amines) is 1. The highest BCUT2D eigenvalue weighted by Gasteiger charge is 2.33. The zero-order valence-electron chi connectivity index (χ0n) is 7.45. The summed E-state index contributed by atoms with van der Waals surface area (Å²) in [6, 6.07) is 0.793. The van der Waals surface area contributed by atoms with Gasteiger partial charge in [0.25, 0.3) is 0 Å². The van der Waals surface area contributed by atoms with E-state index in [2.05, 4.69) is 10.2 Å². The maximum absolute atomic E-state index is 5.21. The summed E-state index contributed by atoms with van der Waals surface area (Å²) < 4.78 is 5.21. The molecule has 2 aliphatic heterocycles. The number of methoxy groups -OCH3 is 1. The lowest BCUT2D eigenvalue weighted by Crippen LogP contribution is -2.56. The number of rotatable bonds is 2. The quantitative estimate of drug-likeness (QED) is 0.672. The lowest BCUT2D eigenvalue weighted by molar-refractivity contribution is -0.0467. The summed E-state index contributed by atoms with van der Waals surface area (Å²) in [6.07, 6.45) is 1.83. The van der Waals surface area contributed by atoms with Gasteiger partial charge in [-0.2, -0.15) is 0 Å². The number of hydrogen-bond donors (Lipinski definition) is 1. The first kappa shape index (κ1) is 10.3. The van der Waals surface area contributed by atoms with Crippen LogP contribution in [0.5, 0.6) is 0 Å². The first-order chi connectivity index (χ1) is 5.40. The summed E-state index contributed by atoms with van der Waals surface area (Å²) in [5, 5.41) is 3.37. The third-order valence-corrected chi connectivity index (χ3v) is 2.76. The average molecular weight is 193 g/mol. The highest BCUT2D eigenvalue weighted by molar-refractivity contribution is 5.85. The van der Waals surface area contributed by atoms with E-state index in [4.69, 9.17) is 4.74 Å². The minimum Gasteiger partial charge on any atom is -0.379 e. The SMILES string of the molecule is COC1CN(C2CCNC2)C1.Cl. The second kappa shape index (κ2) is 4.42. The van der Waals surface area contributed by atoms with Crippen molar-refractivity contribution in [3.05, 3.63) is 0 Å². The van der Waals surface area contributed by atoms with Crippen LogP contribution < -0.4 is 5.32 Å². The topological polar surface area (TPSA) is 24.5 Å². The van der Waals surface area contributed by atoms with Gasteiger partial charge in [0.15, 0.2) is 0 Å². The molecular formula is C8H17ClN2O. The Morgan fingerprint density at radius 2 is 2.17 bits per heavy atom. The highest BCUT2D eigenvalue weighted by Crippen LogP contribution is 2.18. The summed E-state index contributed by atoms with van der Waals surface area (Å²) in [6.45, 7) is 4.65. The van der Waals surface area contributed by atoms with Crippen molar-refractivity contribution in [3.8, 4) is 0 Å². The van der Waals surface area contributed by atoms with E-state index in [9.17, 15) is 0 Å². The van der Waals surface area contributed by atoms with Crippen LogP contribution in [0, 0.1) is 0 Å². The van der Waals surface area contributed by atoms with Gasteiger partial charge < -0.3 is 10.1 Å². The molecule has 3 nitrogen and oxygen atoms in total. The Bertz CT molecular complexity index is 133. The average Bonchev–Trinajstić information content (AvgIpc) is 2.37. The maximum Gasteiger partial charge on any atom is 0.0825 e. The van der Waals surface area contributed by atoms with E-state index in [0.29, 0.717) is 6.10 Å². The van der Waals surface area contributed by atoms with Gasteiger partial charge >= 0.3 is 0 Å². The molecule has 0 amide bonds. The Hall–Kier alpha value is 0.170. The van der Waals surface area contributed by atoms with Crippen molar-refractivity contribution in [2.24, 2.45) is 0 Å². The van der Waals surface area contributed by atoms with Crippen LogP contribution in [0.2, 0.25) is 0 Å². The van der Waals surface area contributed by atoms with Gasteiger partial charge in [-0.05, 0) is 13.0 Å². The summed E-state index contributed by atoms with van der Waals surface area (Å²) >= 11 is 0. The van der Waals surface area contributed by atoms with Crippen molar-refractivity contribution in [1.29, 1.82) is 0 Å². The maximum atomic E-state index is 5.21. The minimum absolute atomic E-state index is 0. The van der Waals surface area contributed by atoms with Gasteiger partial charge in [-0.15, -0.1) is 12.4 Å². The van der Waals surface area contributed by atoms with Gasteiger partial charge in [0, 0.05) is 32.8 Å². The van der Waals surface area contributed by atoms with E-state index >= 15 is 0 Å². The van der Waals surface area contributed by atoms with Crippen LogP contribution in [0.4, 0.5) is 0 Å². The molecule has 0 spiro atoms. The lowest BCUT2D eigenvalue weighted by atomic mass is 10.1. The van der Waals surface area contributed by atoms with E-state index in [1.54, 1.807) is 7.11 Å². The fourth-order valence-corrected chi connectivity index (χ4v) is 1.87. The Morgan fingerprint density at radius 3 is 2.67 bits per heavy atom. The second-order valence-corrected chi connectivity index (χ2v) is 3.46. The second-order valence-electron chi connectivity index (χ2n) is 3.46. The van der Waals surface area contributed by atoms with Crippen LogP contribution in [-0.4, -0.2) is 50.3 Å². The summed E-state index contributed by atoms with van der Waals surface area (Å²) in [7, 11) is 1.80. The fraction of sp³-hybridized carbons (Fsp3) is 1.00. The molecule has 0 aromatic carbocycles. The molecule has 1 N–H and O–H groups in total. The van der Waals surface area contributed by atoms with Gasteiger partial charge in [0.2, 0.25) is 0 Å². The summed E-state index contributed by atoms with van der Waals surface area (Å²) in [4.78, 5) is 2.51. The van der Waals surface area contributed by atoms with Crippen molar-refractivity contribution in [1.82, 2.24) is 10.2 Å². The van der Waals surface area contributed by atoms with Gasteiger partial charge in [-0.25, -0.2) is 0 Å². The largest absolute Gasteiger partial charge is 0.379 e. The Morgan fingerprint density at radius 1 is 1.42 bits per heavy atom. The Balaban J connectivity index is 0.000000720. The first-order valence-corrected chi connectivity index (χ1v) is 4.37. The lowest BCUT2D eigenvalue weighted by Gasteiger charge is -2.41. The third-order valence-electron chi connectivity index (χ3n) is 2.76. The minimum atomic E-state index is 0. The molecular weight excluding hydrogens is 176 g/mol. The molecule has 2 saturated heterocycles. The van der Waals surface area contributed by atoms with Gasteiger partial charge in [-0.1, -0.05) is 0 Å². The number of nitrogens with zero attached hydrogens (tertiary/aromatic N) is 1. The summed E-state index contributed by atoms with van der Waals surface area (Å²) in [5.74, 6) is 0. The fourth-order valence-electron chi connectivity index (χ4n) is 1.87. The van der Waals surface area contributed by atoms with Crippen molar-refractivity contribution in [2.45, 2.75) is 18.6 Å². The Kier molecular flexibility index (Phi) is 3.77. The zero-order chi connectivity index (χ0) is 7.68. The molecule has 0 aliphatic carbocycles. The summed E-state index contributed by atoms with van der Waals surface area (Å²) in [5.41, 5.74) is 0. The van der Waals surface area contributed by atoms with Gasteiger partial charge in [0.1, 0.15) is 0 Å². The zero-order valence-corrected chi connectivity index (χ0v) is 8.27. The van der Waals surface area contributed by atoms with Crippen LogP contribution in [0.25, 0.3) is 0 Å². The van der Waals surface area contributed by atoms with E-state index in [-0.39, 0.29) is 12.4 Å². The predicted molar refractivity (Wildman–Crippen MR) is 50.9 cm³/mol. The number of halogens is 1. The molecule has 12 heavy (non-hydrogen) atoms. The van der Waals surface area contributed by atoms with E-state index < -0.39 is 0 Å². The number of hydrogen-bond acceptors (Lipinski definition) is 3. The number of nitrogens with one attached hydrogen (secondary N) is 1. The molecule has 2 aliphatic rings. The standard InChI is InChI=1S/C8H16N2O.ClH/c1-11-8-5-10(6-8)7-2-3-9-4-7;/h7-9H,2-6H2,1H3;1H. The van der Waals surface area contributed by atoms with E-state index in [0.717, 1.165) is 19.1 Å². The van der Waals surface area contributed by atoms with Gasteiger partial charge in [0.05, 0.1) is 6.10 Å². The van der Waals surface area contributed by atoms with Crippen molar-refractivity contribution >= 4 is 12.4 Å². The molecule has 2 heterocycles. The van der Waals surface area contributed by atoms with Crippen LogP contribution >= 0.6 is 12.4 Å². The first-order valence-electron chi connectivity index (χ1n) is 4.37. The molecule has 0 aromatic rings. The van der Waals surface area contributed by atoms with Crippen molar-refractivity contribution < 1.29 is 4.74 Å². The molecule has 1 unspecified atom stereocenters. The molecule has 0 aromatic heterocycles. The van der Waals surface area contributed by atoms with E-state index in [1.165, 1.54) is 19.5 Å².